The number of rotatable bonds is 4. The highest BCUT2D eigenvalue weighted by molar-refractivity contribution is 5.94. The zero-order chi connectivity index (χ0) is 15.4. The second-order valence-electron chi connectivity index (χ2n) is 5.56. The van der Waals surface area contributed by atoms with Gasteiger partial charge in [-0.25, -0.2) is 0 Å². The molecule has 0 spiro atoms. The third-order valence-electron chi connectivity index (χ3n) is 3.94. The van der Waals surface area contributed by atoms with E-state index in [9.17, 15) is 9.59 Å². The zero-order valence-electron chi connectivity index (χ0n) is 12.5. The number of anilines is 1. The molecule has 120 valence electrons. The molecule has 0 aliphatic carbocycles. The molecule has 2 amide bonds. The monoisotopic (exact) mass is 307 g/mol. The largest absolute Gasteiger partial charge is 0.378 e. The van der Waals surface area contributed by atoms with Crippen LogP contribution in [0.3, 0.4) is 0 Å². The molecule has 2 aliphatic heterocycles. The highest BCUT2D eigenvalue weighted by atomic mass is 16.5. The average Bonchev–Trinajstić information content (AvgIpc) is 3.20. The summed E-state index contributed by atoms with van der Waals surface area (Å²) >= 11 is 0. The van der Waals surface area contributed by atoms with E-state index in [4.69, 9.17) is 4.74 Å². The van der Waals surface area contributed by atoms with Crippen molar-refractivity contribution in [3.05, 3.63) is 12.4 Å². The van der Waals surface area contributed by atoms with Crippen molar-refractivity contribution in [2.24, 2.45) is 0 Å². The molecule has 1 aromatic heterocycles. The van der Waals surface area contributed by atoms with Gasteiger partial charge in [0.25, 0.3) is 0 Å². The van der Waals surface area contributed by atoms with Gasteiger partial charge in [-0.1, -0.05) is 0 Å². The maximum absolute atomic E-state index is 12.1. The third kappa shape index (κ3) is 3.63. The summed E-state index contributed by atoms with van der Waals surface area (Å²) in [5.74, 6) is -0.0294. The lowest BCUT2D eigenvalue weighted by atomic mass is 10.2. The Bertz CT molecular complexity index is 532. The molecule has 8 nitrogen and oxygen atoms in total. The van der Waals surface area contributed by atoms with Gasteiger partial charge in [-0.2, -0.15) is 5.10 Å². The Morgan fingerprint density at radius 3 is 2.95 bits per heavy atom. The molecule has 22 heavy (non-hydrogen) atoms. The number of amides is 2. The van der Waals surface area contributed by atoms with Gasteiger partial charge < -0.3 is 20.3 Å². The van der Waals surface area contributed by atoms with Crippen LogP contribution in [0, 0.1) is 0 Å². The van der Waals surface area contributed by atoms with Crippen molar-refractivity contribution in [3.63, 3.8) is 0 Å². The number of morpholine rings is 1. The van der Waals surface area contributed by atoms with Crippen LogP contribution in [0.15, 0.2) is 12.4 Å². The van der Waals surface area contributed by atoms with E-state index in [1.54, 1.807) is 22.0 Å². The van der Waals surface area contributed by atoms with E-state index in [1.807, 2.05) is 0 Å². The summed E-state index contributed by atoms with van der Waals surface area (Å²) in [7, 11) is 0. The summed E-state index contributed by atoms with van der Waals surface area (Å²) in [5.41, 5.74) is 0.619. The van der Waals surface area contributed by atoms with E-state index in [-0.39, 0.29) is 24.4 Å². The van der Waals surface area contributed by atoms with Crippen molar-refractivity contribution in [3.8, 4) is 0 Å². The first kappa shape index (κ1) is 15.0. The van der Waals surface area contributed by atoms with Crippen LogP contribution in [-0.2, 0) is 20.9 Å². The van der Waals surface area contributed by atoms with Crippen molar-refractivity contribution in [2.45, 2.75) is 25.4 Å². The van der Waals surface area contributed by atoms with Crippen molar-refractivity contribution < 1.29 is 14.3 Å². The lowest BCUT2D eigenvalue weighted by Gasteiger charge is -2.26. The van der Waals surface area contributed by atoms with E-state index < -0.39 is 0 Å². The van der Waals surface area contributed by atoms with Crippen LogP contribution >= 0.6 is 0 Å². The quantitative estimate of drug-likeness (QED) is 0.778. The van der Waals surface area contributed by atoms with E-state index in [0.717, 1.165) is 19.4 Å². The van der Waals surface area contributed by atoms with E-state index in [2.05, 4.69) is 15.7 Å². The van der Waals surface area contributed by atoms with Gasteiger partial charge in [-0.3, -0.25) is 14.3 Å². The molecule has 2 fully saturated rings. The first-order valence-corrected chi connectivity index (χ1v) is 7.64. The Labute approximate surface area is 128 Å². The number of hydrogen-bond acceptors (Lipinski definition) is 5. The zero-order valence-corrected chi connectivity index (χ0v) is 12.5. The molecule has 1 aromatic rings. The van der Waals surface area contributed by atoms with Crippen LogP contribution < -0.4 is 10.6 Å². The molecule has 2 saturated heterocycles. The van der Waals surface area contributed by atoms with Gasteiger partial charge >= 0.3 is 0 Å². The van der Waals surface area contributed by atoms with Gasteiger partial charge in [-0.05, 0) is 19.4 Å². The highest BCUT2D eigenvalue weighted by Crippen LogP contribution is 2.10. The summed E-state index contributed by atoms with van der Waals surface area (Å²) < 4.78 is 6.78. The highest BCUT2D eigenvalue weighted by Gasteiger charge is 2.22. The van der Waals surface area contributed by atoms with Crippen LogP contribution in [0.5, 0.6) is 0 Å². The summed E-state index contributed by atoms with van der Waals surface area (Å²) in [6, 6.07) is -0.127. The molecule has 2 aliphatic rings. The van der Waals surface area contributed by atoms with Crippen LogP contribution in [0.4, 0.5) is 5.69 Å². The second-order valence-corrected chi connectivity index (χ2v) is 5.56. The van der Waals surface area contributed by atoms with Gasteiger partial charge in [-0.15, -0.1) is 0 Å². The molecular weight excluding hydrogens is 286 g/mol. The number of hydrogen-bond donors (Lipinski definition) is 2. The number of nitrogens with zero attached hydrogens (tertiary/aromatic N) is 3. The Kier molecular flexibility index (Phi) is 4.69. The Balaban J connectivity index is 1.52. The molecule has 0 saturated carbocycles. The van der Waals surface area contributed by atoms with E-state index in [0.29, 0.717) is 32.0 Å². The Hall–Kier alpha value is -1.93. The van der Waals surface area contributed by atoms with Crippen molar-refractivity contribution in [1.82, 2.24) is 20.0 Å². The number of aromatic nitrogens is 2. The molecular formula is C14H21N5O3. The molecule has 3 heterocycles. The van der Waals surface area contributed by atoms with Gasteiger partial charge in [0.15, 0.2) is 0 Å². The summed E-state index contributed by atoms with van der Waals surface area (Å²) in [6.07, 6.45) is 5.13. The Morgan fingerprint density at radius 2 is 2.23 bits per heavy atom. The van der Waals surface area contributed by atoms with Crippen LogP contribution in [0.2, 0.25) is 0 Å². The van der Waals surface area contributed by atoms with Crippen LogP contribution in [0.1, 0.15) is 12.8 Å². The van der Waals surface area contributed by atoms with E-state index >= 15 is 0 Å². The van der Waals surface area contributed by atoms with Gasteiger partial charge in [0.1, 0.15) is 6.54 Å². The molecule has 0 aromatic carbocycles. The number of nitrogens with one attached hydrogen (secondary N) is 2. The average molecular weight is 307 g/mol. The summed E-state index contributed by atoms with van der Waals surface area (Å²) in [6.45, 7) is 3.47. The standard InChI is InChI=1S/C14H21N5O3/c20-13(18-4-6-22-7-5-18)10-19-9-11(8-16-19)17-14(21)12-2-1-3-15-12/h8-9,12,15H,1-7,10H2,(H,17,21). The number of carbonyl (C=O) groups excluding carboxylic acids is 2. The topological polar surface area (TPSA) is 88.5 Å². The fraction of sp³-hybridized carbons (Fsp3) is 0.643. The molecule has 3 rings (SSSR count). The minimum atomic E-state index is -0.127. The molecule has 0 bridgehead atoms. The number of ether oxygens (including phenoxy) is 1. The first-order chi connectivity index (χ1) is 10.7. The van der Waals surface area contributed by atoms with Crippen molar-refractivity contribution >= 4 is 17.5 Å². The lowest BCUT2D eigenvalue weighted by molar-refractivity contribution is -0.136. The molecule has 1 atom stereocenters. The lowest BCUT2D eigenvalue weighted by Crippen LogP contribution is -2.42. The predicted molar refractivity (Wildman–Crippen MR) is 79.3 cm³/mol. The second kappa shape index (κ2) is 6.89. The molecule has 2 N–H and O–H groups in total. The normalized spacial score (nSPS) is 21.8. The minimum absolute atomic E-state index is 0.0155. The molecule has 0 radical (unpaired) electrons. The van der Waals surface area contributed by atoms with Crippen LogP contribution in [0.25, 0.3) is 0 Å². The maximum Gasteiger partial charge on any atom is 0.244 e. The molecule has 1 unspecified atom stereocenters. The minimum Gasteiger partial charge on any atom is -0.378 e. The van der Waals surface area contributed by atoms with E-state index in [1.165, 1.54) is 0 Å². The van der Waals surface area contributed by atoms with Gasteiger partial charge in [0.05, 0.1) is 31.1 Å². The maximum atomic E-state index is 12.1. The fourth-order valence-electron chi connectivity index (χ4n) is 2.70. The van der Waals surface area contributed by atoms with Crippen molar-refractivity contribution in [2.75, 3.05) is 38.2 Å². The smallest absolute Gasteiger partial charge is 0.244 e. The fourth-order valence-corrected chi connectivity index (χ4v) is 2.70. The van der Waals surface area contributed by atoms with Gasteiger partial charge in [0.2, 0.25) is 11.8 Å². The van der Waals surface area contributed by atoms with Gasteiger partial charge in [0, 0.05) is 19.3 Å². The first-order valence-electron chi connectivity index (χ1n) is 7.64. The molecule has 8 heteroatoms. The van der Waals surface area contributed by atoms with Crippen LogP contribution in [-0.4, -0.2) is 65.4 Å². The predicted octanol–water partition coefficient (Wildman–Crippen LogP) is -0.568. The SMILES string of the molecule is O=C(Nc1cnn(CC(=O)N2CCOCC2)c1)C1CCCN1. The Morgan fingerprint density at radius 1 is 1.41 bits per heavy atom. The van der Waals surface area contributed by atoms with Crippen molar-refractivity contribution in [1.29, 1.82) is 0 Å². The third-order valence-corrected chi connectivity index (χ3v) is 3.94. The summed E-state index contributed by atoms with van der Waals surface area (Å²) in [4.78, 5) is 25.9. The summed E-state index contributed by atoms with van der Waals surface area (Å²) in [5, 5.41) is 10.1. The number of carbonyl (C=O) groups is 2.